The number of anilines is 1. The molecule has 0 atom stereocenters. The molecule has 0 unspecified atom stereocenters. The van der Waals surface area contributed by atoms with E-state index in [1.165, 1.54) is 10.3 Å². The van der Waals surface area contributed by atoms with Crippen LogP contribution in [0.4, 0.5) is 5.69 Å². The van der Waals surface area contributed by atoms with Crippen molar-refractivity contribution in [3.05, 3.63) is 78.0 Å². The van der Waals surface area contributed by atoms with Crippen molar-refractivity contribution in [3.8, 4) is 33.4 Å². The summed E-state index contributed by atoms with van der Waals surface area (Å²) in [6, 6.07) is 21.4. The maximum Gasteiger partial charge on any atom is 0.236 e. The molecule has 8 heteroatoms. The first-order valence-corrected chi connectivity index (χ1v) is 12.8. The molecule has 1 saturated carbocycles. The third kappa shape index (κ3) is 4.23. The second-order valence-electron chi connectivity index (χ2n) is 9.25. The quantitative estimate of drug-likeness (QED) is 0.264. The first-order valence-electron chi connectivity index (χ1n) is 12.0. The molecule has 6 rings (SSSR count). The molecule has 0 radical (unpaired) electrons. The smallest absolute Gasteiger partial charge is 0.236 e. The molecular weight excluding hydrogens is 486 g/mol. The van der Waals surface area contributed by atoms with Crippen LogP contribution in [0.15, 0.2) is 71.3 Å². The van der Waals surface area contributed by atoms with Gasteiger partial charge in [0.2, 0.25) is 5.91 Å². The summed E-state index contributed by atoms with van der Waals surface area (Å²) in [7, 11) is 3.18. The molecule has 1 N–H and O–H groups in total. The molecule has 7 nitrogen and oxygen atoms in total. The lowest BCUT2D eigenvalue weighted by molar-refractivity contribution is -0.118. The number of carbonyl (C=O) groups is 1. The molecular formula is C29H25N3O4S. The second-order valence-corrected chi connectivity index (χ2v) is 10.3. The minimum absolute atomic E-state index is 0.0807. The van der Waals surface area contributed by atoms with Crippen LogP contribution in [0.2, 0.25) is 0 Å². The number of nitrogens with zero attached hydrogens (tertiary/aromatic N) is 2. The Balaban J connectivity index is 1.18. The largest absolute Gasteiger partial charge is 0.493 e. The average Bonchev–Trinajstić information content (AvgIpc) is 3.38. The first kappa shape index (κ1) is 23.2. The van der Waals surface area contributed by atoms with E-state index in [9.17, 15) is 4.79 Å². The fourth-order valence-corrected chi connectivity index (χ4v) is 5.52. The second kappa shape index (κ2) is 9.05. The molecule has 3 aromatic carbocycles. The average molecular weight is 512 g/mol. The van der Waals surface area contributed by atoms with Gasteiger partial charge in [-0.05, 0) is 79.9 Å². The Morgan fingerprint density at radius 3 is 2.43 bits per heavy atom. The Hall–Kier alpha value is -4.17. The molecule has 0 bridgehead atoms. The number of aryl methyl sites for hydroxylation is 1. The maximum absolute atomic E-state index is 13.3. The minimum atomic E-state index is -0.679. The number of carbonyl (C=O) groups excluding carboxylic acids is 1. The number of benzene rings is 3. The monoisotopic (exact) mass is 511 g/mol. The lowest BCUT2D eigenvalue weighted by Gasteiger charge is -2.12. The van der Waals surface area contributed by atoms with Gasteiger partial charge in [0.05, 0.1) is 35.5 Å². The SMILES string of the molecule is COc1ccc(-c2cc(C3(C(=O)Nc4ccc(-c5nc6ccc(C)cc6s5)cc4)CC3)no2)cc1OC. The van der Waals surface area contributed by atoms with Crippen molar-refractivity contribution in [2.75, 3.05) is 19.5 Å². The van der Waals surface area contributed by atoms with Gasteiger partial charge in [-0.2, -0.15) is 0 Å². The zero-order chi connectivity index (χ0) is 25.6. The van der Waals surface area contributed by atoms with Crippen LogP contribution in [0, 0.1) is 6.92 Å². The van der Waals surface area contributed by atoms with Gasteiger partial charge in [0.25, 0.3) is 0 Å². The summed E-state index contributed by atoms with van der Waals surface area (Å²) in [4.78, 5) is 18.0. The van der Waals surface area contributed by atoms with Gasteiger partial charge in [-0.1, -0.05) is 11.2 Å². The van der Waals surface area contributed by atoms with Crippen molar-refractivity contribution in [1.29, 1.82) is 0 Å². The van der Waals surface area contributed by atoms with E-state index in [-0.39, 0.29) is 5.91 Å². The van der Waals surface area contributed by atoms with E-state index in [1.807, 2.05) is 48.5 Å². The lowest BCUT2D eigenvalue weighted by Crippen LogP contribution is -2.28. The van der Waals surface area contributed by atoms with Crippen molar-refractivity contribution in [2.45, 2.75) is 25.2 Å². The van der Waals surface area contributed by atoms with Crippen LogP contribution in [-0.4, -0.2) is 30.3 Å². The van der Waals surface area contributed by atoms with Gasteiger partial charge in [0, 0.05) is 22.9 Å². The van der Waals surface area contributed by atoms with Gasteiger partial charge in [-0.25, -0.2) is 4.98 Å². The highest BCUT2D eigenvalue weighted by atomic mass is 32.1. The Kier molecular flexibility index (Phi) is 5.68. The van der Waals surface area contributed by atoms with E-state index in [4.69, 9.17) is 19.0 Å². The van der Waals surface area contributed by atoms with Gasteiger partial charge in [0.15, 0.2) is 17.3 Å². The molecule has 0 saturated heterocycles. The highest BCUT2D eigenvalue weighted by Crippen LogP contribution is 2.49. The fraction of sp³-hybridized carbons (Fsp3) is 0.207. The molecule has 37 heavy (non-hydrogen) atoms. The van der Waals surface area contributed by atoms with Gasteiger partial charge < -0.3 is 19.3 Å². The number of nitrogens with one attached hydrogen (secondary N) is 1. The number of fused-ring (bicyclic) bond motifs is 1. The molecule has 2 heterocycles. The molecule has 1 amide bonds. The number of rotatable bonds is 7. The standard InChI is InChI=1S/C29H25N3O4S/c1-17-4-10-21-25(14-17)37-27(31-21)18-5-8-20(9-6-18)30-28(33)29(12-13-29)26-16-23(36-32-26)19-7-11-22(34-2)24(15-19)35-3/h4-11,14-16H,12-13H2,1-3H3,(H,30,33). The lowest BCUT2D eigenvalue weighted by atomic mass is 10.00. The van der Waals surface area contributed by atoms with E-state index in [0.717, 1.165) is 40.2 Å². The predicted molar refractivity (Wildman–Crippen MR) is 144 cm³/mol. The summed E-state index contributed by atoms with van der Waals surface area (Å²) in [5.41, 5.74) is 4.73. The Labute approximate surface area is 218 Å². The number of methoxy groups -OCH3 is 2. The Bertz CT molecular complexity index is 1620. The van der Waals surface area contributed by atoms with Crippen LogP contribution >= 0.6 is 11.3 Å². The summed E-state index contributed by atoms with van der Waals surface area (Å²) in [5.74, 6) is 1.72. The zero-order valence-electron chi connectivity index (χ0n) is 20.7. The van der Waals surface area contributed by atoms with E-state index < -0.39 is 5.41 Å². The number of ether oxygens (including phenoxy) is 2. The van der Waals surface area contributed by atoms with Gasteiger partial charge in [0.1, 0.15) is 5.01 Å². The molecule has 1 aliphatic rings. The summed E-state index contributed by atoms with van der Waals surface area (Å²) < 4.78 is 17.5. The van der Waals surface area contributed by atoms with Crippen LogP contribution in [-0.2, 0) is 10.2 Å². The summed E-state index contributed by atoms with van der Waals surface area (Å²) in [5, 5.41) is 8.28. The Morgan fingerprint density at radius 2 is 1.70 bits per heavy atom. The fourth-order valence-electron chi connectivity index (χ4n) is 4.45. The van der Waals surface area contributed by atoms with E-state index in [2.05, 4.69) is 35.6 Å². The van der Waals surface area contributed by atoms with Crippen molar-refractivity contribution >= 4 is 33.1 Å². The summed E-state index contributed by atoms with van der Waals surface area (Å²) in [6.07, 6.45) is 1.44. The molecule has 1 fully saturated rings. The molecule has 1 aliphatic carbocycles. The summed E-state index contributed by atoms with van der Waals surface area (Å²) >= 11 is 1.67. The minimum Gasteiger partial charge on any atom is -0.493 e. The maximum atomic E-state index is 13.3. The molecule has 0 aliphatic heterocycles. The highest BCUT2D eigenvalue weighted by Gasteiger charge is 2.53. The van der Waals surface area contributed by atoms with Crippen LogP contribution in [0.3, 0.4) is 0 Å². The number of thiazole rings is 1. The van der Waals surface area contributed by atoms with E-state index in [0.29, 0.717) is 23.0 Å². The number of aromatic nitrogens is 2. The van der Waals surface area contributed by atoms with Crippen molar-refractivity contribution in [3.63, 3.8) is 0 Å². The molecule has 2 aromatic heterocycles. The Morgan fingerprint density at radius 1 is 0.946 bits per heavy atom. The van der Waals surface area contributed by atoms with Gasteiger partial charge >= 0.3 is 0 Å². The van der Waals surface area contributed by atoms with Crippen LogP contribution in [0.1, 0.15) is 24.1 Å². The van der Waals surface area contributed by atoms with Crippen LogP contribution in [0.25, 0.3) is 32.1 Å². The third-order valence-electron chi connectivity index (χ3n) is 6.79. The normalized spacial score (nSPS) is 13.9. The molecule has 5 aromatic rings. The van der Waals surface area contributed by atoms with E-state index in [1.54, 1.807) is 25.6 Å². The predicted octanol–water partition coefficient (Wildman–Crippen LogP) is 6.61. The first-order chi connectivity index (χ1) is 18.0. The number of hydrogen-bond acceptors (Lipinski definition) is 7. The number of hydrogen-bond donors (Lipinski definition) is 1. The van der Waals surface area contributed by atoms with Crippen LogP contribution < -0.4 is 14.8 Å². The number of amides is 1. The topological polar surface area (TPSA) is 86.5 Å². The highest BCUT2D eigenvalue weighted by molar-refractivity contribution is 7.21. The zero-order valence-corrected chi connectivity index (χ0v) is 21.5. The molecule has 186 valence electrons. The van der Waals surface area contributed by atoms with Crippen molar-refractivity contribution in [2.24, 2.45) is 0 Å². The van der Waals surface area contributed by atoms with Crippen molar-refractivity contribution < 1.29 is 18.8 Å². The van der Waals surface area contributed by atoms with Gasteiger partial charge in [-0.15, -0.1) is 11.3 Å². The molecule has 0 spiro atoms. The van der Waals surface area contributed by atoms with Crippen LogP contribution in [0.5, 0.6) is 11.5 Å². The van der Waals surface area contributed by atoms with Gasteiger partial charge in [-0.3, -0.25) is 4.79 Å². The van der Waals surface area contributed by atoms with E-state index >= 15 is 0 Å². The van der Waals surface area contributed by atoms with Crippen molar-refractivity contribution in [1.82, 2.24) is 10.1 Å². The third-order valence-corrected chi connectivity index (χ3v) is 7.85. The summed E-state index contributed by atoms with van der Waals surface area (Å²) in [6.45, 7) is 2.08.